The van der Waals surface area contributed by atoms with E-state index in [4.69, 9.17) is 0 Å². The molecule has 6 heteroatoms. The molecule has 0 saturated carbocycles. The molecule has 1 aromatic heterocycles. The summed E-state index contributed by atoms with van der Waals surface area (Å²) in [4.78, 5) is 30.4. The van der Waals surface area contributed by atoms with Crippen molar-refractivity contribution in [2.45, 2.75) is 20.4 Å². The van der Waals surface area contributed by atoms with E-state index in [1.165, 1.54) is 0 Å². The molecule has 0 unspecified atom stereocenters. The Morgan fingerprint density at radius 1 is 1.19 bits per heavy atom. The molecule has 1 rings (SSSR count). The Balaban J connectivity index is 2.48. The number of nitrogens with zero attached hydrogens (tertiary/aromatic N) is 2. The zero-order valence-electron chi connectivity index (χ0n) is 13.1. The molecule has 2 amide bonds. The monoisotopic (exact) mass is 292 g/mol. The maximum absolute atomic E-state index is 12.2. The molecule has 0 aromatic carbocycles. The van der Waals surface area contributed by atoms with Crippen LogP contribution in [0.15, 0.2) is 24.4 Å². The highest BCUT2D eigenvalue weighted by Gasteiger charge is 2.35. The van der Waals surface area contributed by atoms with Crippen LogP contribution < -0.4 is 10.6 Å². The van der Waals surface area contributed by atoms with Crippen LogP contribution in [0, 0.1) is 5.41 Å². The van der Waals surface area contributed by atoms with Crippen LogP contribution in [0.1, 0.15) is 19.5 Å². The maximum atomic E-state index is 12.2. The molecule has 0 fully saturated rings. The number of amides is 2. The molecule has 21 heavy (non-hydrogen) atoms. The van der Waals surface area contributed by atoms with Crippen molar-refractivity contribution in [1.82, 2.24) is 20.5 Å². The number of hydrogen-bond donors (Lipinski definition) is 2. The van der Waals surface area contributed by atoms with E-state index in [1.807, 2.05) is 37.2 Å². The molecule has 0 bridgehead atoms. The van der Waals surface area contributed by atoms with Crippen molar-refractivity contribution in [3.63, 3.8) is 0 Å². The Morgan fingerprint density at radius 2 is 1.86 bits per heavy atom. The standard InChI is InChI=1S/C15H24N4O2/c1-15(2,13(20)17-9-10-19(3)4)14(21)18-11-12-7-5-6-8-16-12/h5-8H,9-11H2,1-4H3,(H,17,20)(H,18,21). The summed E-state index contributed by atoms with van der Waals surface area (Å²) in [6.45, 7) is 4.80. The fraction of sp³-hybridized carbons (Fsp3) is 0.533. The molecule has 0 radical (unpaired) electrons. The summed E-state index contributed by atoms with van der Waals surface area (Å²) in [6, 6.07) is 5.49. The first-order valence-electron chi connectivity index (χ1n) is 6.95. The number of carbonyl (C=O) groups excluding carboxylic acids is 2. The van der Waals surface area contributed by atoms with E-state index < -0.39 is 5.41 Å². The largest absolute Gasteiger partial charge is 0.354 e. The lowest BCUT2D eigenvalue weighted by molar-refractivity contribution is -0.141. The topological polar surface area (TPSA) is 74.3 Å². The van der Waals surface area contributed by atoms with Crippen molar-refractivity contribution >= 4 is 11.8 Å². The third-order valence-corrected chi connectivity index (χ3v) is 3.14. The Labute approximate surface area is 125 Å². The van der Waals surface area contributed by atoms with Crippen LogP contribution in [0.5, 0.6) is 0 Å². The SMILES string of the molecule is CN(C)CCNC(=O)C(C)(C)C(=O)NCc1ccccn1. The molecule has 116 valence electrons. The third-order valence-electron chi connectivity index (χ3n) is 3.14. The zero-order chi connectivity index (χ0) is 15.9. The van der Waals surface area contributed by atoms with Crippen LogP contribution in [0.2, 0.25) is 0 Å². The Hall–Kier alpha value is -1.95. The van der Waals surface area contributed by atoms with Crippen molar-refractivity contribution in [1.29, 1.82) is 0 Å². The predicted molar refractivity (Wildman–Crippen MR) is 81.4 cm³/mol. The lowest BCUT2D eigenvalue weighted by Crippen LogP contribution is -2.48. The number of likely N-dealkylation sites (N-methyl/N-ethyl adjacent to an activating group) is 1. The molecule has 0 spiro atoms. The van der Waals surface area contributed by atoms with Gasteiger partial charge in [-0.3, -0.25) is 14.6 Å². The van der Waals surface area contributed by atoms with E-state index in [0.717, 1.165) is 12.2 Å². The van der Waals surface area contributed by atoms with Crippen LogP contribution in [0.4, 0.5) is 0 Å². The van der Waals surface area contributed by atoms with E-state index in [9.17, 15) is 9.59 Å². The minimum Gasteiger partial charge on any atom is -0.354 e. The first-order chi connectivity index (χ1) is 9.84. The Bertz CT molecular complexity index is 472. The smallest absolute Gasteiger partial charge is 0.235 e. The van der Waals surface area contributed by atoms with Crippen LogP contribution in [0.3, 0.4) is 0 Å². The summed E-state index contributed by atoms with van der Waals surface area (Å²) >= 11 is 0. The van der Waals surface area contributed by atoms with Gasteiger partial charge in [0.25, 0.3) is 0 Å². The van der Waals surface area contributed by atoms with Gasteiger partial charge in [-0.2, -0.15) is 0 Å². The third kappa shape index (κ3) is 5.51. The fourth-order valence-electron chi connectivity index (χ4n) is 1.61. The maximum Gasteiger partial charge on any atom is 0.235 e. The van der Waals surface area contributed by atoms with Gasteiger partial charge in [-0.1, -0.05) is 6.07 Å². The van der Waals surface area contributed by atoms with Gasteiger partial charge in [0, 0.05) is 19.3 Å². The summed E-state index contributed by atoms with van der Waals surface area (Å²) in [5.41, 5.74) is -0.351. The molecule has 0 aliphatic rings. The quantitative estimate of drug-likeness (QED) is 0.714. The Kier molecular flexibility index (Phi) is 6.30. The molecule has 0 aliphatic heterocycles. The summed E-state index contributed by atoms with van der Waals surface area (Å²) in [7, 11) is 3.85. The lowest BCUT2D eigenvalue weighted by Gasteiger charge is -2.23. The van der Waals surface area contributed by atoms with E-state index in [-0.39, 0.29) is 11.8 Å². The molecule has 0 atom stereocenters. The molecular weight excluding hydrogens is 268 g/mol. The summed E-state index contributed by atoms with van der Waals surface area (Å²) < 4.78 is 0. The minimum atomic E-state index is -1.11. The number of rotatable bonds is 7. The summed E-state index contributed by atoms with van der Waals surface area (Å²) in [6.07, 6.45) is 1.67. The Morgan fingerprint density at radius 3 is 2.43 bits per heavy atom. The summed E-state index contributed by atoms with van der Waals surface area (Å²) in [5, 5.41) is 5.52. The van der Waals surface area contributed by atoms with E-state index in [0.29, 0.717) is 13.1 Å². The second-order valence-corrected chi connectivity index (χ2v) is 5.69. The van der Waals surface area contributed by atoms with Gasteiger partial charge < -0.3 is 15.5 Å². The van der Waals surface area contributed by atoms with E-state index in [1.54, 1.807) is 20.0 Å². The highest BCUT2D eigenvalue weighted by atomic mass is 16.2. The van der Waals surface area contributed by atoms with E-state index >= 15 is 0 Å². The van der Waals surface area contributed by atoms with Gasteiger partial charge in [-0.25, -0.2) is 0 Å². The fourth-order valence-corrected chi connectivity index (χ4v) is 1.61. The van der Waals surface area contributed by atoms with E-state index in [2.05, 4.69) is 15.6 Å². The zero-order valence-corrected chi connectivity index (χ0v) is 13.1. The van der Waals surface area contributed by atoms with Crippen molar-refractivity contribution in [2.24, 2.45) is 5.41 Å². The highest BCUT2D eigenvalue weighted by Crippen LogP contribution is 2.15. The van der Waals surface area contributed by atoms with Crippen molar-refractivity contribution < 1.29 is 9.59 Å². The van der Waals surface area contributed by atoms with Crippen LogP contribution >= 0.6 is 0 Å². The van der Waals surface area contributed by atoms with Crippen molar-refractivity contribution in [2.75, 3.05) is 27.2 Å². The first-order valence-corrected chi connectivity index (χ1v) is 6.95. The molecule has 6 nitrogen and oxygen atoms in total. The molecule has 1 aromatic rings. The summed E-state index contributed by atoms with van der Waals surface area (Å²) in [5.74, 6) is -0.585. The van der Waals surface area contributed by atoms with Gasteiger partial charge in [-0.15, -0.1) is 0 Å². The molecular formula is C15H24N4O2. The first kappa shape index (κ1) is 17.1. The van der Waals surface area contributed by atoms with Gasteiger partial charge >= 0.3 is 0 Å². The second kappa shape index (κ2) is 7.73. The van der Waals surface area contributed by atoms with Crippen molar-refractivity contribution in [3.8, 4) is 0 Å². The normalized spacial score (nSPS) is 11.3. The highest BCUT2D eigenvalue weighted by molar-refractivity contribution is 6.04. The number of nitrogens with one attached hydrogen (secondary N) is 2. The molecule has 2 N–H and O–H groups in total. The number of hydrogen-bond acceptors (Lipinski definition) is 4. The van der Waals surface area contributed by atoms with Gasteiger partial charge in [0.1, 0.15) is 5.41 Å². The van der Waals surface area contributed by atoms with Gasteiger partial charge in [0.05, 0.1) is 12.2 Å². The second-order valence-electron chi connectivity index (χ2n) is 5.69. The van der Waals surface area contributed by atoms with Gasteiger partial charge in [-0.05, 0) is 40.1 Å². The predicted octanol–water partition coefficient (Wildman–Crippen LogP) is 0.402. The van der Waals surface area contributed by atoms with Crippen LogP contribution in [-0.2, 0) is 16.1 Å². The average molecular weight is 292 g/mol. The minimum absolute atomic E-state index is 0.275. The number of carbonyl (C=O) groups is 2. The molecule has 0 aliphatic carbocycles. The number of aromatic nitrogens is 1. The molecule has 0 saturated heterocycles. The van der Waals surface area contributed by atoms with Crippen LogP contribution in [-0.4, -0.2) is 48.9 Å². The van der Waals surface area contributed by atoms with Gasteiger partial charge in [0.15, 0.2) is 0 Å². The lowest BCUT2D eigenvalue weighted by atomic mass is 9.91. The number of pyridine rings is 1. The van der Waals surface area contributed by atoms with Crippen molar-refractivity contribution in [3.05, 3.63) is 30.1 Å². The average Bonchev–Trinajstić information content (AvgIpc) is 2.45. The molecule has 1 heterocycles. The van der Waals surface area contributed by atoms with Gasteiger partial charge in [0.2, 0.25) is 11.8 Å². The van der Waals surface area contributed by atoms with Crippen LogP contribution in [0.25, 0.3) is 0 Å².